The van der Waals surface area contributed by atoms with Gasteiger partial charge in [-0.25, -0.2) is 0 Å². The van der Waals surface area contributed by atoms with Gasteiger partial charge >= 0.3 is 0 Å². The lowest BCUT2D eigenvalue weighted by Gasteiger charge is -2.29. The van der Waals surface area contributed by atoms with Crippen molar-refractivity contribution < 1.29 is 0 Å². The number of fused-ring (bicyclic) bond motifs is 1. The topological polar surface area (TPSA) is 24.7 Å². The van der Waals surface area contributed by atoms with Crippen LogP contribution in [0.5, 0.6) is 0 Å². The first kappa shape index (κ1) is 12.8. The van der Waals surface area contributed by atoms with E-state index in [0.717, 1.165) is 0 Å². The molecule has 0 N–H and O–H groups in total. The molecule has 1 aliphatic heterocycles. The van der Waals surface area contributed by atoms with Gasteiger partial charge in [0.05, 0.1) is 11.0 Å². The molecule has 0 aromatic heterocycles. The van der Waals surface area contributed by atoms with Crippen LogP contribution in [0.4, 0.5) is 0 Å². The maximum absolute atomic E-state index is 4.82. The molecule has 0 spiro atoms. The fraction of sp³-hybridized carbons (Fsp3) is 0.368. The van der Waals surface area contributed by atoms with Crippen LogP contribution in [0.15, 0.2) is 70.9 Å². The number of hydrogen-bond acceptors (Lipinski definition) is 2. The molecule has 2 nitrogen and oxygen atoms in total. The van der Waals surface area contributed by atoms with Crippen LogP contribution in [0.25, 0.3) is 0 Å². The SMILES string of the molecule is CC1C2(c3ccccc3)N=NC(C)(C)C12c1ccccc1. The highest BCUT2D eigenvalue weighted by molar-refractivity contribution is 5.56. The van der Waals surface area contributed by atoms with E-state index in [0.29, 0.717) is 5.92 Å². The Labute approximate surface area is 125 Å². The summed E-state index contributed by atoms with van der Waals surface area (Å²) in [5.74, 6) is 0.460. The highest BCUT2D eigenvalue weighted by Gasteiger charge is 2.85. The van der Waals surface area contributed by atoms with Crippen LogP contribution < -0.4 is 0 Å². The second kappa shape index (κ2) is 3.82. The van der Waals surface area contributed by atoms with Crippen molar-refractivity contribution >= 4 is 0 Å². The van der Waals surface area contributed by atoms with Crippen LogP contribution in [0, 0.1) is 5.92 Å². The molecule has 2 heteroatoms. The summed E-state index contributed by atoms with van der Waals surface area (Å²) in [5, 5.41) is 9.49. The van der Waals surface area contributed by atoms with Gasteiger partial charge in [0.2, 0.25) is 0 Å². The highest BCUT2D eigenvalue weighted by atomic mass is 15.3. The van der Waals surface area contributed by atoms with E-state index in [1.54, 1.807) is 0 Å². The minimum absolute atomic E-state index is 0.0252. The molecule has 3 unspecified atom stereocenters. The predicted octanol–water partition coefficient (Wildman–Crippen LogP) is 4.71. The summed E-state index contributed by atoms with van der Waals surface area (Å²) >= 11 is 0. The predicted molar refractivity (Wildman–Crippen MR) is 84.3 cm³/mol. The van der Waals surface area contributed by atoms with E-state index in [4.69, 9.17) is 5.11 Å². The van der Waals surface area contributed by atoms with Crippen molar-refractivity contribution in [1.29, 1.82) is 0 Å². The van der Waals surface area contributed by atoms with Crippen molar-refractivity contribution in [2.24, 2.45) is 16.1 Å². The lowest BCUT2D eigenvalue weighted by Crippen LogP contribution is -2.36. The van der Waals surface area contributed by atoms with Crippen molar-refractivity contribution in [1.82, 2.24) is 0 Å². The molecule has 1 fully saturated rings. The second-order valence-electron chi connectivity index (χ2n) is 6.79. The quantitative estimate of drug-likeness (QED) is 0.758. The molecule has 4 rings (SSSR count). The van der Waals surface area contributed by atoms with Crippen LogP contribution in [0.1, 0.15) is 31.9 Å². The molecule has 2 aliphatic rings. The molecule has 2 aromatic rings. The van der Waals surface area contributed by atoms with Gasteiger partial charge < -0.3 is 0 Å². The van der Waals surface area contributed by atoms with E-state index in [1.807, 2.05) is 0 Å². The van der Waals surface area contributed by atoms with E-state index in [9.17, 15) is 0 Å². The van der Waals surface area contributed by atoms with Crippen molar-refractivity contribution in [3.05, 3.63) is 71.8 Å². The Balaban J connectivity index is 1.97. The summed E-state index contributed by atoms with van der Waals surface area (Å²) < 4.78 is 0. The van der Waals surface area contributed by atoms with Gasteiger partial charge in [-0.15, -0.1) is 0 Å². The largest absolute Gasteiger partial charge is 0.186 e. The standard InChI is InChI=1S/C19H20N2/c1-14-18(15-10-6-4-7-11-15)17(2,3)20-21-19(14,18)16-12-8-5-9-13-16/h4-14H,1-3H3. The number of rotatable bonds is 2. The average molecular weight is 276 g/mol. The number of nitrogens with zero attached hydrogens (tertiary/aromatic N) is 2. The molecule has 2 aromatic carbocycles. The van der Waals surface area contributed by atoms with Crippen LogP contribution in [-0.2, 0) is 11.0 Å². The Hall–Kier alpha value is -1.96. The monoisotopic (exact) mass is 276 g/mol. The molecule has 21 heavy (non-hydrogen) atoms. The fourth-order valence-corrected chi connectivity index (χ4v) is 4.84. The first-order chi connectivity index (χ1) is 10.1. The van der Waals surface area contributed by atoms with E-state index in [1.165, 1.54) is 11.1 Å². The first-order valence-electron chi connectivity index (χ1n) is 7.62. The second-order valence-corrected chi connectivity index (χ2v) is 6.79. The van der Waals surface area contributed by atoms with Gasteiger partial charge in [-0.1, -0.05) is 67.6 Å². The van der Waals surface area contributed by atoms with Crippen LogP contribution in [-0.4, -0.2) is 5.54 Å². The van der Waals surface area contributed by atoms with E-state index in [2.05, 4.69) is 86.5 Å². The molecule has 1 aliphatic carbocycles. The molecule has 0 radical (unpaired) electrons. The van der Waals surface area contributed by atoms with Crippen LogP contribution in [0.2, 0.25) is 0 Å². The molecule has 1 heterocycles. The highest BCUT2D eigenvalue weighted by Crippen LogP contribution is 2.78. The molecule has 1 saturated carbocycles. The summed E-state index contributed by atoms with van der Waals surface area (Å²) in [5.41, 5.74) is 2.25. The molecule has 0 bridgehead atoms. The third-order valence-electron chi connectivity index (χ3n) is 5.66. The Morgan fingerprint density at radius 1 is 0.762 bits per heavy atom. The number of hydrogen-bond donors (Lipinski definition) is 0. The van der Waals surface area contributed by atoms with Gasteiger partial charge in [0.25, 0.3) is 0 Å². The van der Waals surface area contributed by atoms with Crippen molar-refractivity contribution in [2.45, 2.75) is 37.3 Å². The Kier molecular flexibility index (Phi) is 2.32. The minimum Gasteiger partial charge on any atom is -0.186 e. The maximum atomic E-state index is 4.82. The maximum Gasteiger partial charge on any atom is 0.122 e. The summed E-state index contributed by atoms with van der Waals surface area (Å²) in [6.45, 7) is 6.76. The summed E-state index contributed by atoms with van der Waals surface area (Å²) in [4.78, 5) is 0. The molecule has 0 saturated heterocycles. The Morgan fingerprint density at radius 2 is 1.29 bits per heavy atom. The van der Waals surface area contributed by atoms with Crippen molar-refractivity contribution in [2.75, 3.05) is 0 Å². The zero-order valence-electron chi connectivity index (χ0n) is 12.7. The zero-order chi connectivity index (χ0) is 14.7. The molecular weight excluding hydrogens is 256 g/mol. The van der Waals surface area contributed by atoms with Gasteiger partial charge in [-0.2, -0.15) is 10.2 Å². The van der Waals surface area contributed by atoms with E-state index in [-0.39, 0.29) is 16.5 Å². The van der Waals surface area contributed by atoms with E-state index < -0.39 is 0 Å². The number of azo groups is 1. The first-order valence-corrected chi connectivity index (χ1v) is 7.62. The fourth-order valence-electron chi connectivity index (χ4n) is 4.84. The van der Waals surface area contributed by atoms with Gasteiger partial charge in [0, 0.05) is 5.92 Å². The third kappa shape index (κ3) is 1.25. The van der Waals surface area contributed by atoms with Gasteiger partial charge in [-0.3, -0.25) is 0 Å². The van der Waals surface area contributed by atoms with Crippen LogP contribution >= 0.6 is 0 Å². The summed E-state index contributed by atoms with van der Waals surface area (Å²) in [6.07, 6.45) is 0. The molecule has 106 valence electrons. The lowest BCUT2D eigenvalue weighted by atomic mass is 9.74. The average Bonchev–Trinajstić information content (AvgIpc) is 2.97. The normalized spacial score (nSPS) is 35.5. The Morgan fingerprint density at radius 3 is 1.86 bits per heavy atom. The third-order valence-corrected chi connectivity index (χ3v) is 5.66. The summed E-state index contributed by atoms with van der Waals surface area (Å²) in [7, 11) is 0. The molecule has 0 amide bonds. The van der Waals surface area contributed by atoms with E-state index >= 15 is 0 Å². The van der Waals surface area contributed by atoms with Crippen LogP contribution in [0.3, 0.4) is 0 Å². The lowest BCUT2D eigenvalue weighted by molar-refractivity contribution is 0.376. The minimum atomic E-state index is -0.195. The molecular formula is C19H20N2. The Bertz CT molecular complexity index is 705. The van der Waals surface area contributed by atoms with Gasteiger partial charge in [0.1, 0.15) is 5.54 Å². The van der Waals surface area contributed by atoms with Gasteiger partial charge in [-0.05, 0) is 25.0 Å². The summed E-state index contributed by atoms with van der Waals surface area (Å²) in [6, 6.07) is 21.5. The smallest absolute Gasteiger partial charge is 0.122 e. The zero-order valence-corrected chi connectivity index (χ0v) is 12.7. The number of benzene rings is 2. The van der Waals surface area contributed by atoms with Crippen molar-refractivity contribution in [3.63, 3.8) is 0 Å². The van der Waals surface area contributed by atoms with Crippen molar-refractivity contribution in [3.8, 4) is 0 Å². The van der Waals surface area contributed by atoms with Gasteiger partial charge in [0.15, 0.2) is 0 Å². The molecule has 3 atom stereocenters.